The number of halogens is 1. The lowest BCUT2D eigenvalue weighted by molar-refractivity contribution is 0.397. The van der Waals surface area contributed by atoms with Gasteiger partial charge in [0.1, 0.15) is 11.6 Å². The minimum Gasteiger partial charge on any atom is -0.480 e. The Morgan fingerprint density at radius 2 is 2.08 bits per heavy atom. The van der Waals surface area contributed by atoms with Gasteiger partial charge in [0.25, 0.3) is 6.01 Å². The van der Waals surface area contributed by atoms with Crippen molar-refractivity contribution < 1.29 is 5.11 Å². The van der Waals surface area contributed by atoms with Gasteiger partial charge >= 0.3 is 0 Å². The molecular formula is C17H16ClN5O. The summed E-state index contributed by atoms with van der Waals surface area (Å²) in [4.78, 5) is 12.6. The number of rotatable bonds is 5. The van der Waals surface area contributed by atoms with Gasteiger partial charge in [0.2, 0.25) is 0 Å². The fraction of sp³-hybridized carbons (Fsp3) is 0.294. The fourth-order valence-corrected chi connectivity index (χ4v) is 2.88. The van der Waals surface area contributed by atoms with E-state index in [1.54, 1.807) is 16.7 Å². The molecule has 6 nitrogen and oxygen atoms in total. The Labute approximate surface area is 144 Å². The maximum absolute atomic E-state index is 10.2. The van der Waals surface area contributed by atoms with Crippen LogP contribution in [-0.4, -0.2) is 24.6 Å². The van der Waals surface area contributed by atoms with Crippen LogP contribution in [0.15, 0.2) is 24.5 Å². The third kappa shape index (κ3) is 2.91. The van der Waals surface area contributed by atoms with Crippen LogP contribution in [0.4, 0.5) is 0 Å². The van der Waals surface area contributed by atoms with E-state index in [2.05, 4.69) is 21.9 Å². The van der Waals surface area contributed by atoms with Gasteiger partial charge in [-0.3, -0.25) is 9.55 Å². The Bertz CT molecular complexity index is 911. The predicted octanol–water partition coefficient (Wildman–Crippen LogP) is 3.91. The first-order valence-electron chi connectivity index (χ1n) is 7.76. The number of unbranched alkanes of at least 4 members (excludes halogenated alkanes) is 2. The van der Waals surface area contributed by atoms with E-state index in [1.807, 2.05) is 6.07 Å². The molecule has 24 heavy (non-hydrogen) atoms. The second kappa shape index (κ2) is 6.85. The Morgan fingerprint density at radius 3 is 2.75 bits per heavy atom. The van der Waals surface area contributed by atoms with E-state index in [0.717, 1.165) is 19.3 Å². The number of aromatic nitrogens is 4. The van der Waals surface area contributed by atoms with Crippen molar-refractivity contribution in [1.29, 1.82) is 5.26 Å². The van der Waals surface area contributed by atoms with E-state index in [4.69, 9.17) is 16.9 Å². The van der Waals surface area contributed by atoms with Crippen molar-refractivity contribution >= 4 is 22.8 Å². The summed E-state index contributed by atoms with van der Waals surface area (Å²) >= 11 is 6.36. The molecule has 0 aliphatic heterocycles. The Balaban J connectivity index is 2.18. The lowest BCUT2D eigenvalue weighted by atomic mass is 10.1. The van der Waals surface area contributed by atoms with Crippen LogP contribution in [0.25, 0.3) is 22.4 Å². The van der Waals surface area contributed by atoms with E-state index in [1.165, 1.54) is 12.4 Å². The highest BCUT2D eigenvalue weighted by Crippen LogP contribution is 2.35. The smallest absolute Gasteiger partial charge is 0.296 e. The molecule has 0 bridgehead atoms. The molecule has 0 spiro atoms. The topological polar surface area (TPSA) is 87.6 Å². The van der Waals surface area contributed by atoms with Crippen LogP contribution in [0.5, 0.6) is 6.01 Å². The molecule has 0 aromatic carbocycles. The van der Waals surface area contributed by atoms with Crippen molar-refractivity contribution in [2.24, 2.45) is 0 Å². The summed E-state index contributed by atoms with van der Waals surface area (Å²) in [5.41, 5.74) is 2.83. The number of nitrogens with zero attached hydrogens (tertiary/aromatic N) is 5. The lowest BCUT2D eigenvalue weighted by Gasteiger charge is -2.10. The van der Waals surface area contributed by atoms with Crippen LogP contribution < -0.4 is 0 Å². The maximum Gasteiger partial charge on any atom is 0.296 e. The fourth-order valence-electron chi connectivity index (χ4n) is 2.64. The number of hydrogen-bond acceptors (Lipinski definition) is 5. The van der Waals surface area contributed by atoms with Crippen molar-refractivity contribution in [3.63, 3.8) is 0 Å². The predicted molar refractivity (Wildman–Crippen MR) is 91.7 cm³/mol. The molecule has 0 unspecified atom stereocenters. The molecule has 3 heterocycles. The van der Waals surface area contributed by atoms with Crippen LogP contribution in [0.2, 0.25) is 5.02 Å². The van der Waals surface area contributed by atoms with E-state index in [0.29, 0.717) is 39.6 Å². The number of pyridine rings is 2. The average molecular weight is 342 g/mol. The first-order chi connectivity index (χ1) is 11.7. The molecule has 3 aromatic heterocycles. The van der Waals surface area contributed by atoms with Gasteiger partial charge in [0.15, 0.2) is 5.65 Å². The highest BCUT2D eigenvalue weighted by Gasteiger charge is 2.19. The molecule has 0 fully saturated rings. The van der Waals surface area contributed by atoms with Gasteiger partial charge in [-0.15, -0.1) is 0 Å². The number of aryl methyl sites for hydroxylation is 1. The van der Waals surface area contributed by atoms with Crippen molar-refractivity contribution in [3.05, 3.63) is 35.1 Å². The largest absolute Gasteiger partial charge is 0.480 e. The molecule has 3 rings (SSSR count). The van der Waals surface area contributed by atoms with Crippen molar-refractivity contribution in [2.45, 2.75) is 32.7 Å². The Kier molecular flexibility index (Phi) is 4.63. The molecule has 1 N–H and O–H groups in total. The second-order valence-corrected chi connectivity index (χ2v) is 5.88. The number of fused-ring (bicyclic) bond motifs is 1. The number of imidazole rings is 1. The third-order valence-electron chi connectivity index (χ3n) is 3.84. The normalized spacial score (nSPS) is 10.9. The SMILES string of the molecule is CCCCCn1c(O)nc2ncc(Cl)c(-c3ccc(C#N)cn3)c21. The first kappa shape index (κ1) is 16.2. The van der Waals surface area contributed by atoms with Gasteiger partial charge in [-0.25, -0.2) is 4.98 Å². The van der Waals surface area contributed by atoms with Crippen molar-refractivity contribution in [3.8, 4) is 23.3 Å². The van der Waals surface area contributed by atoms with E-state index in [9.17, 15) is 5.11 Å². The molecule has 0 aliphatic carbocycles. The minimum absolute atomic E-state index is 0.0780. The maximum atomic E-state index is 10.2. The number of aromatic hydroxyl groups is 1. The van der Waals surface area contributed by atoms with Crippen LogP contribution in [0.1, 0.15) is 31.7 Å². The Morgan fingerprint density at radius 1 is 1.25 bits per heavy atom. The van der Waals surface area contributed by atoms with E-state index in [-0.39, 0.29) is 6.01 Å². The second-order valence-electron chi connectivity index (χ2n) is 5.47. The zero-order valence-electron chi connectivity index (χ0n) is 13.2. The molecule has 0 atom stereocenters. The zero-order valence-corrected chi connectivity index (χ0v) is 14.0. The summed E-state index contributed by atoms with van der Waals surface area (Å²) in [6.07, 6.45) is 6.05. The van der Waals surface area contributed by atoms with Gasteiger partial charge in [-0.1, -0.05) is 31.4 Å². The number of hydrogen-bond donors (Lipinski definition) is 1. The summed E-state index contributed by atoms with van der Waals surface area (Å²) in [6, 6.07) is 5.38. The van der Waals surface area contributed by atoms with Crippen LogP contribution >= 0.6 is 11.6 Å². The van der Waals surface area contributed by atoms with Gasteiger partial charge in [0.05, 0.1) is 16.3 Å². The van der Waals surface area contributed by atoms with Gasteiger partial charge in [0, 0.05) is 24.5 Å². The first-order valence-corrected chi connectivity index (χ1v) is 8.13. The quantitative estimate of drug-likeness (QED) is 0.711. The van der Waals surface area contributed by atoms with Crippen molar-refractivity contribution in [2.75, 3.05) is 0 Å². The van der Waals surface area contributed by atoms with E-state index < -0.39 is 0 Å². The van der Waals surface area contributed by atoms with E-state index >= 15 is 0 Å². The van der Waals surface area contributed by atoms with Gasteiger partial charge in [-0.2, -0.15) is 10.2 Å². The van der Waals surface area contributed by atoms with Crippen LogP contribution in [-0.2, 0) is 6.54 Å². The minimum atomic E-state index is -0.0780. The molecule has 0 radical (unpaired) electrons. The molecule has 0 saturated heterocycles. The monoisotopic (exact) mass is 341 g/mol. The highest BCUT2D eigenvalue weighted by molar-refractivity contribution is 6.34. The average Bonchev–Trinajstić information content (AvgIpc) is 2.91. The van der Waals surface area contributed by atoms with Crippen molar-refractivity contribution in [1.82, 2.24) is 19.5 Å². The molecule has 3 aromatic rings. The molecule has 0 amide bonds. The lowest BCUT2D eigenvalue weighted by Crippen LogP contribution is -2.00. The molecular weight excluding hydrogens is 326 g/mol. The zero-order chi connectivity index (χ0) is 17.1. The van der Waals surface area contributed by atoms with Crippen LogP contribution in [0, 0.1) is 11.3 Å². The molecule has 7 heteroatoms. The summed E-state index contributed by atoms with van der Waals surface area (Å²) in [5.74, 6) is 0. The highest BCUT2D eigenvalue weighted by atomic mass is 35.5. The summed E-state index contributed by atoms with van der Waals surface area (Å²) in [7, 11) is 0. The molecule has 0 aliphatic rings. The third-order valence-corrected chi connectivity index (χ3v) is 4.13. The Hall–Kier alpha value is -2.65. The van der Waals surface area contributed by atoms with Gasteiger partial charge < -0.3 is 5.11 Å². The summed E-state index contributed by atoms with van der Waals surface area (Å²) < 4.78 is 1.72. The summed E-state index contributed by atoms with van der Waals surface area (Å²) in [5, 5.41) is 19.5. The number of nitriles is 1. The standard InChI is InChI=1S/C17H16ClN5O/c1-2-3-4-7-23-15-14(13-6-5-11(8-19)9-20-13)12(18)10-21-16(15)22-17(23)24/h5-6,9-10H,2-4,7H2,1H3,(H,21,22,24). The molecule has 0 saturated carbocycles. The molecule has 122 valence electrons. The van der Waals surface area contributed by atoms with Gasteiger partial charge in [-0.05, 0) is 18.6 Å². The van der Waals surface area contributed by atoms with Crippen LogP contribution in [0.3, 0.4) is 0 Å². The summed E-state index contributed by atoms with van der Waals surface area (Å²) in [6.45, 7) is 2.75.